The molecule has 1 aliphatic heterocycles. The number of nitrogens with zero attached hydrogens (tertiary/aromatic N) is 1. The van der Waals surface area contributed by atoms with Crippen LogP contribution in [-0.4, -0.2) is 30.4 Å². The first-order chi connectivity index (χ1) is 9.82. The van der Waals surface area contributed by atoms with Crippen LogP contribution < -0.4 is 5.73 Å². The van der Waals surface area contributed by atoms with E-state index in [0.717, 1.165) is 38.5 Å². The average Bonchev–Trinajstić information content (AvgIpc) is 2.45. The molecule has 0 radical (unpaired) electrons. The van der Waals surface area contributed by atoms with Gasteiger partial charge in [0.25, 0.3) is 0 Å². The van der Waals surface area contributed by atoms with Gasteiger partial charge in [-0.3, -0.25) is 4.79 Å². The molecule has 0 bridgehead atoms. The Kier molecular flexibility index (Phi) is 4.56. The second-order valence-electron chi connectivity index (χ2n) is 5.38. The van der Waals surface area contributed by atoms with E-state index in [1.165, 1.54) is 6.07 Å². The molecular formula is C15H19F3N2O. The normalized spacial score (nSPS) is 17.9. The van der Waals surface area contributed by atoms with Crippen molar-refractivity contribution < 1.29 is 18.0 Å². The maximum atomic E-state index is 13.1. The summed E-state index contributed by atoms with van der Waals surface area (Å²) in [5.74, 6) is -0.939. The maximum absolute atomic E-state index is 13.1. The van der Waals surface area contributed by atoms with E-state index in [2.05, 4.69) is 11.8 Å². The largest absolute Gasteiger partial charge is 0.417 e. The molecule has 3 nitrogen and oxygen atoms in total. The zero-order valence-corrected chi connectivity index (χ0v) is 11.9. The van der Waals surface area contributed by atoms with Gasteiger partial charge in [0.15, 0.2) is 0 Å². The van der Waals surface area contributed by atoms with Crippen molar-refractivity contribution in [2.45, 2.75) is 31.9 Å². The van der Waals surface area contributed by atoms with Crippen molar-refractivity contribution in [2.75, 3.05) is 19.6 Å². The molecule has 1 aliphatic rings. The zero-order valence-electron chi connectivity index (χ0n) is 11.9. The number of rotatable bonds is 3. The van der Waals surface area contributed by atoms with Gasteiger partial charge in [0.05, 0.1) is 11.1 Å². The quantitative estimate of drug-likeness (QED) is 0.932. The molecule has 21 heavy (non-hydrogen) atoms. The Balaban J connectivity index is 2.28. The number of benzene rings is 1. The van der Waals surface area contributed by atoms with Gasteiger partial charge >= 0.3 is 6.18 Å². The van der Waals surface area contributed by atoms with E-state index in [0.29, 0.717) is 5.56 Å². The molecule has 0 aromatic heterocycles. The number of piperidine rings is 1. The number of alkyl halides is 3. The lowest BCUT2D eigenvalue weighted by atomic mass is 9.87. The lowest BCUT2D eigenvalue weighted by molar-refractivity contribution is -0.138. The predicted octanol–water partition coefficient (Wildman–Crippen LogP) is 3.00. The van der Waals surface area contributed by atoms with Crippen molar-refractivity contribution in [2.24, 2.45) is 5.73 Å². The summed E-state index contributed by atoms with van der Waals surface area (Å²) >= 11 is 0. The zero-order chi connectivity index (χ0) is 15.6. The van der Waals surface area contributed by atoms with Gasteiger partial charge in [-0.05, 0) is 56.1 Å². The van der Waals surface area contributed by atoms with Gasteiger partial charge in [-0.15, -0.1) is 0 Å². The van der Waals surface area contributed by atoms with Crippen molar-refractivity contribution >= 4 is 5.91 Å². The van der Waals surface area contributed by atoms with Crippen LogP contribution in [0.4, 0.5) is 13.2 Å². The van der Waals surface area contributed by atoms with Crippen LogP contribution in [0, 0.1) is 0 Å². The summed E-state index contributed by atoms with van der Waals surface area (Å²) in [6.45, 7) is 4.81. The maximum Gasteiger partial charge on any atom is 0.417 e. The summed E-state index contributed by atoms with van der Waals surface area (Å²) in [4.78, 5) is 13.4. The third-order valence-electron chi connectivity index (χ3n) is 4.12. The minimum Gasteiger partial charge on any atom is -0.366 e. The molecule has 0 spiro atoms. The highest BCUT2D eigenvalue weighted by atomic mass is 19.4. The fourth-order valence-corrected chi connectivity index (χ4v) is 2.85. The van der Waals surface area contributed by atoms with Crippen LogP contribution in [0.25, 0.3) is 0 Å². The molecule has 6 heteroatoms. The van der Waals surface area contributed by atoms with Crippen LogP contribution in [0.3, 0.4) is 0 Å². The van der Waals surface area contributed by atoms with Crippen molar-refractivity contribution in [1.29, 1.82) is 0 Å². The van der Waals surface area contributed by atoms with Gasteiger partial charge in [0.2, 0.25) is 5.91 Å². The van der Waals surface area contributed by atoms with Crippen LogP contribution in [-0.2, 0) is 6.18 Å². The molecule has 0 aliphatic carbocycles. The van der Waals surface area contributed by atoms with E-state index >= 15 is 0 Å². The lowest BCUT2D eigenvalue weighted by Gasteiger charge is -2.31. The molecule has 1 fully saturated rings. The minimum absolute atomic E-state index is 0.107. The molecule has 1 saturated heterocycles. The first kappa shape index (κ1) is 15.8. The summed E-state index contributed by atoms with van der Waals surface area (Å²) in [6.07, 6.45) is -2.90. The summed E-state index contributed by atoms with van der Waals surface area (Å²) in [7, 11) is 0. The summed E-state index contributed by atoms with van der Waals surface area (Å²) in [5.41, 5.74) is 4.29. The van der Waals surface area contributed by atoms with Gasteiger partial charge in [-0.2, -0.15) is 13.2 Å². The molecule has 1 amide bonds. The molecule has 0 atom stereocenters. The molecule has 0 unspecified atom stereocenters. The van der Waals surface area contributed by atoms with Crippen LogP contribution >= 0.6 is 0 Å². The predicted molar refractivity (Wildman–Crippen MR) is 74.1 cm³/mol. The number of amides is 1. The second kappa shape index (κ2) is 6.05. The van der Waals surface area contributed by atoms with Crippen LogP contribution in [0.5, 0.6) is 0 Å². The topological polar surface area (TPSA) is 46.3 Å². The van der Waals surface area contributed by atoms with Crippen LogP contribution in [0.15, 0.2) is 18.2 Å². The van der Waals surface area contributed by atoms with E-state index in [4.69, 9.17) is 5.73 Å². The second-order valence-corrected chi connectivity index (χ2v) is 5.38. The highest BCUT2D eigenvalue weighted by Gasteiger charge is 2.35. The number of nitrogens with two attached hydrogens (primary N) is 1. The van der Waals surface area contributed by atoms with Crippen LogP contribution in [0.1, 0.15) is 47.2 Å². The van der Waals surface area contributed by atoms with Crippen LogP contribution in [0.2, 0.25) is 0 Å². The number of hydrogen-bond donors (Lipinski definition) is 1. The van der Waals surface area contributed by atoms with Gasteiger partial charge in [-0.25, -0.2) is 0 Å². The summed E-state index contributed by atoms with van der Waals surface area (Å²) in [6, 6.07) is 3.89. The number of carbonyl (C=O) groups excluding carboxylic acids is 1. The van der Waals surface area contributed by atoms with E-state index in [9.17, 15) is 18.0 Å². The van der Waals surface area contributed by atoms with Gasteiger partial charge in [0.1, 0.15) is 0 Å². The molecular weight excluding hydrogens is 281 g/mol. The minimum atomic E-state index is -4.56. The Bertz CT molecular complexity index is 520. The lowest BCUT2D eigenvalue weighted by Crippen LogP contribution is -2.32. The van der Waals surface area contributed by atoms with Crippen molar-refractivity contribution in [3.63, 3.8) is 0 Å². The Morgan fingerprint density at radius 3 is 2.43 bits per heavy atom. The Morgan fingerprint density at radius 1 is 1.33 bits per heavy atom. The summed E-state index contributed by atoms with van der Waals surface area (Å²) < 4.78 is 39.2. The monoisotopic (exact) mass is 300 g/mol. The fourth-order valence-electron chi connectivity index (χ4n) is 2.85. The summed E-state index contributed by atoms with van der Waals surface area (Å²) in [5, 5.41) is 0. The molecule has 0 saturated carbocycles. The molecule has 2 N–H and O–H groups in total. The van der Waals surface area contributed by atoms with Crippen molar-refractivity contribution in [1.82, 2.24) is 4.90 Å². The molecule has 1 aromatic carbocycles. The van der Waals surface area contributed by atoms with E-state index in [1.807, 2.05) is 0 Å². The van der Waals surface area contributed by atoms with E-state index in [-0.39, 0.29) is 5.92 Å². The standard InChI is InChI=1S/C15H19F3N2O/c1-2-20-7-5-10(6-8-20)11-3-4-12(14(19)21)13(9-11)15(16,17)18/h3-4,9-10H,2,5-8H2,1H3,(H2,19,21). The SMILES string of the molecule is CCN1CCC(c2ccc(C(N)=O)c(C(F)(F)F)c2)CC1. The third kappa shape index (κ3) is 3.56. The average molecular weight is 300 g/mol. The number of halogens is 3. The number of likely N-dealkylation sites (tertiary alicyclic amines) is 1. The fraction of sp³-hybridized carbons (Fsp3) is 0.533. The van der Waals surface area contributed by atoms with E-state index in [1.54, 1.807) is 6.07 Å². The van der Waals surface area contributed by atoms with Gasteiger partial charge < -0.3 is 10.6 Å². The Morgan fingerprint density at radius 2 is 1.95 bits per heavy atom. The number of hydrogen-bond acceptors (Lipinski definition) is 2. The van der Waals surface area contributed by atoms with Gasteiger partial charge in [0, 0.05) is 0 Å². The number of primary amides is 1. The molecule has 1 heterocycles. The molecule has 116 valence electrons. The Labute approximate surface area is 121 Å². The first-order valence-corrected chi connectivity index (χ1v) is 7.06. The first-order valence-electron chi connectivity index (χ1n) is 7.06. The smallest absolute Gasteiger partial charge is 0.366 e. The van der Waals surface area contributed by atoms with E-state index < -0.39 is 23.2 Å². The molecule has 1 aromatic rings. The molecule has 2 rings (SSSR count). The van der Waals surface area contributed by atoms with Gasteiger partial charge in [-0.1, -0.05) is 13.0 Å². The van der Waals surface area contributed by atoms with Crippen molar-refractivity contribution in [3.8, 4) is 0 Å². The highest BCUT2D eigenvalue weighted by molar-refractivity contribution is 5.94. The Hall–Kier alpha value is -1.56. The van der Waals surface area contributed by atoms with Crippen molar-refractivity contribution in [3.05, 3.63) is 34.9 Å². The number of carbonyl (C=O) groups is 1. The third-order valence-corrected chi connectivity index (χ3v) is 4.12. The highest BCUT2D eigenvalue weighted by Crippen LogP contribution is 2.36.